The van der Waals surface area contributed by atoms with E-state index in [-0.39, 0.29) is 39.1 Å². The van der Waals surface area contributed by atoms with Crippen LogP contribution in [0.1, 0.15) is 150 Å². The zero-order valence-electron chi connectivity index (χ0n) is 47.7. The summed E-state index contributed by atoms with van der Waals surface area (Å²) in [6.45, 7) is 10.7. The Labute approximate surface area is 488 Å². The lowest BCUT2D eigenvalue weighted by atomic mass is 9.93. The zero-order valence-corrected chi connectivity index (χ0v) is 47.7. The molecule has 3 heterocycles. The molecule has 15 heteroatoms. The van der Waals surface area contributed by atoms with Crippen molar-refractivity contribution in [3.8, 4) is 0 Å². The third kappa shape index (κ3) is 14.5. The van der Waals surface area contributed by atoms with Gasteiger partial charge in [-0.3, -0.25) is 0 Å². The van der Waals surface area contributed by atoms with Gasteiger partial charge in [-0.1, -0.05) is 124 Å². The molecule has 10 rings (SSSR count). The normalized spacial score (nSPS) is 21.7. The van der Waals surface area contributed by atoms with E-state index in [0.717, 1.165) is 33.4 Å². The van der Waals surface area contributed by atoms with E-state index in [9.17, 15) is 28.8 Å². The van der Waals surface area contributed by atoms with E-state index in [1.807, 2.05) is 133 Å². The van der Waals surface area contributed by atoms with Crippen LogP contribution in [0.25, 0.3) is 0 Å². The van der Waals surface area contributed by atoms with Crippen LogP contribution in [0.3, 0.4) is 0 Å². The zero-order chi connectivity index (χ0) is 59.0. The summed E-state index contributed by atoms with van der Waals surface area (Å²) in [6, 6.07) is 47.5. The Morgan fingerprint density at radius 1 is 0.310 bits per heavy atom. The average molecular weight is 1140 g/mol. The Balaban J connectivity index is 0.994. The fourth-order valence-electron chi connectivity index (χ4n) is 10.3. The molecule has 0 saturated carbocycles. The lowest BCUT2D eigenvalue weighted by molar-refractivity contribution is -0.0442. The molecule has 0 amide bonds. The first kappa shape index (κ1) is 58.4. The molecule has 3 aliphatic rings. The largest absolute Gasteiger partial charge is 0.459 e. The number of hydrogen-bond donors (Lipinski definition) is 0. The first-order chi connectivity index (χ1) is 40.5. The second-order valence-corrected chi connectivity index (χ2v) is 22.0. The van der Waals surface area contributed by atoms with Crippen LogP contribution in [0, 0.1) is 41.5 Å². The molecule has 84 heavy (non-hydrogen) atoms. The fourth-order valence-corrected chi connectivity index (χ4v) is 10.3. The summed E-state index contributed by atoms with van der Waals surface area (Å²) in [6.07, 6.45) is -7.43. The molecule has 0 aliphatic carbocycles. The van der Waals surface area contributed by atoms with Gasteiger partial charge in [-0.25, -0.2) is 28.8 Å². The SMILES string of the molecule is Cc1ccc(C(=O)OC[C@H]2O[C@H](c3cc([C@@H]4C[C@H](OC(=O)c5ccc(C)cc5)[C@@H](COC(=O)c5ccc(C)cc5)O4)cc([C@@H]4C[C@H](OC(=O)c5ccc(C)cc5)[C@@H](COC(=O)c5ccc(C)cc5)O4)c3)C[C@@H]2OC(=O)c2ccc(C)cc2)cc1. The molecule has 7 aromatic rings. The lowest BCUT2D eigenvalue weighted by Crippen LogP contribution is -2.32. The maximum atomic E-state index is 13.9. The molecule has 9 atom stereocenters. The maximum absolute atomic E-state index is 13.9. The molecule has 3 aliphatic heterocycles. The predicted octanol–water partition coefficient (Wildman–Crippen LogP) is 12.3. The van der Waals surface area contributed by atoms with Crippen molar-refractivity contribution >= 4 is 35.8 Å². The molecule has 3 fully saturated rings. The Morgan fingerprint density at radius 2 is 0.500 bits per heavy atom. The summed E-state index contributed by atoms with van der Waals surface area (Å²) in [5.41, 5.74) is 9.58. The van der Waals surface area contributed by atoms with Crippen molar-refractivity contribution in [2.45, 2.75) is 116 Å². The average Bonchev–Trinajstić information content (AvgIpc) is 3.57. The van der Waals surface area contributed by atoms with E-state index >= 15 is 0 Å². The topological polar surface area (TPSA) is 185 Å². The number of rotatable bonds is 18. The van der Waals surface area contributed by atoms with E-state index in [1.165, 1.54) is 0 Å². The summed E-state index contributed by atoms with van der Waals surface area (Å²) in [4.78, 5) is 82.0. The van der Waals surface area contributed by atoms with Crippen LogP contribution >= 0.6 is 0 Å². The summed E-state index contributed by atoms with van der Waals surface area (Å²) >= 11 is 0. The molecule has 3 saturated heterocycles. The van der Waals surface area contributed by atoms with Gasteiger partial charge in [-0.2, -0.15) is 0 Å². The van der Waals surface area contributed by atoms with Crippen LogP contribution in [0.4, 0.5) is 0 Å². The predicted molar refractivity (Wildman–Crippen MR) is 309 cm³/mol. The molecule has 0 aromatic heterocycles. The van der Waals surface area contributed by atoms with Crippen LogP contribution in [0.15, 0.2) is 164 Å². The molecule has 0 unspecified atom stereocenters. The first-order valence-electron chi connectivity index (χ1n) is 28.1. The Hall–Kier alpha value is -8.76. The summed E-state index contributed by atoms with van der Waals surface area (Å²) < 4.78 is 56.6. The summed E-state index contributed by atoms with van der Waals surface area (Å²) in [5.74, 6) is -3.52. The van der Waals surface area contributed by atoms with Gasteiger partial charge in [-0.15, -0.1) is 0 Å². The van der Waals surface area contributed by atoms with E-state index in [2.05, 4.69) is 0 Å². The highest BCUT2D eigenvalue weighted by molar-refractivity contribution is 5.92. The van der Waals surface area contributed by atoms with Crippen molar-refractivity contribution in [1.29, 1.82) is 0 Å². The number of benzene rings is 7. The summed E-state index contributed by atoms with van der Waals surface area (Å²) in [5, 5.41) is 0. The maximum Gasteiger partial charge on any atom is 0.338 e. The van der Waals surface area contributed by atoms with Crippen LogP contribution in [0.2, 0.25) is 0 Å². The third-order valence-electron chi connectivity index (χ3n) is 15.4. The molecule has 7 aromatic carbocycles. The molecule has 0 N–H and O–H groups in total. The highest BCUT2D eigenvalue weighted by Crippen LogP contribution is 2.44. The molecule has 0 bridgehead atoms. The standard InChI is InChI=1S/C69H66O15/c1-40-7-19-46(20-8-40)64(70)76-37-61-58(82-67(73)49-25-13-43(4)14-26-49)34-55(79-61)52-31-53(56-35-59(83-68(74)50-27-15-44(5)16-28-50)62(80-56)38-77-65(71)47-21-9-41(2)10-22-47)33-54(32-52)57-36-60(84-69(75)51-29-17-45(6)18-30-51)63(81-57)39-78-66(72)48-23-11-42(3)12-24-48/h7-33,55-63H,34-39H2,1-6H3/t55-,56-,57-,58-,59-,60-,61+,62+,63+/m0/s1. The molecular formula is C69H66O15. The van der Waals surface area contributed by atoms with Crippen molar-refractivity contribution in [3.63, 3.8) is 0 Å². The van der Waals surface area contributed by atoms with E-state index in [0.29, 0.717) is 50.1 Å². The Morgan fingerprint density at radius 3 is 0.702 bits per heavy atom. The monoisotopic (exact) mass is 1130 g/mol. The minimum absolute atomic E-state index is 0.132. The third-order valence-corrected chi connectivity index (χ3v) is 15.4. The number of carbonyl (C=O) groups is 6. The van der Waals surface area contributed by atoms with Crippen molar-refractivity contribution in [1.82, 2.24) is 0 Å². The van der Waals surface area contributed by atoms with Gasteiger partial charge in [0.1, 0.15) is 56.4 Å². The number of ether oxygens (including phenoxy) is 9. The Bertz CT molecular complexity index is 3100. The quantitative estimate of drug-likeness (QED) is 0.0583. The van der Waals surface area contributed by atoms with Crippen LogP contribution < -0.4 is 0 Å². The van der Waals surface area contributed by atoms with Crippen molar-refractivity contribution in [2.24, 2.45) is 0 Å². The van der Waals surface area contributed by atoms with Gasteiger partial charge in [0, 0.05) is 19.3 Å². The van der Waals surface area contributed by atoms with Gasteiger partial charge in [0.05, 0.1) is 51.7 Å². The molecule has 0 radical (unpaired) electrons. The van der Waals surface area contributed by atoms with Gasteiger partial charge in [0.25, 0.3) is 0 Å². The minimum atomic E-state index is -0.923. The first-order valence-corrected chi connectivity index (χ1v) is 28.1. The van der Waals surface area contributed by atoms with Gasteiger partial charge >= 0.3 is 35.8 Å². The lowest BCUT2D eigenvalue weighted by Gasteiger charge is -2.21. The second-order valence-electron chi connectivity index (χ2n) is 22.0. The second kappa shape index (κ2) is 26.2. The van der Waals surface area contributed by atoms with Gasteiger partial charge in [0.2, 0.25) is 0 Å². The van der Waals surface area contributed by atoms with Crippen LogP contribution in [0.5, 0.6) is 0 Å². The fraction of sp³-hybridized carbons (Fsp3) is 0.304. The van der Waals surface area contributed by atoms with Gasteiger partial charge in [0.15, 0.2) is 0 Å². The summed E-state index contributed by atoms with van der Waals surface area (Å²) in [7, 11) is 0. The Kier molecular flexibility index (Phi) is 18.2. The molecule has 0 spiro atoms. The van der Waals surface area contributed by atoms with Crippen LogP contribution in [-0.4, -0.2) is 92.3 Å². The highest BCUT2D eigenvalue weighted by atomic mass is 16.6. The van der Waals surface area contributed by atoms with E-state index in [4.69, 9.17) is 42.6 Å². The molecule has 15 nitrogen and oxygen atoms in total. The van der Waals surface area contributed by atoms with Crippen molar-refractivity contribution < 1.29 is 71.4 Å². The van der Waals surface area contributed by atoms with E-state index < -0.39 is 90.8 Å². The van der Waals surface area contributed by atoms with Crippen LogP contribution in [-0.2, 0) is 42.6 Å². The minimum Gasteiger partial charge on any atom is -0.459 e. The van der Waals surface area contributed by atoms with Gasteiger partial charge < -0.3 is 42.6 Å². The number of hydrogen-bond acceptors (Lipinski definition) is 15. The molecule has 432 valence electrons. The molecular weight excluding hydrogens is 1070 g/mol. The van der Waals surface area contributed by atoms with Gasteiger partial charge in [-0.05, 0) is 131 Å². The number of carbonyl (C=O) groups excluding carboxylic acids is 6. The van der Waals surface area contributed by atoms with E-state index in [1.54, 1.807) is 72.8 Å². The smallest absolute Gasteiger partial charge is 0.338 e. The highest BCUT2D eigenvalue weighted by Gasteiger charge is 2.45. The van der Waals surface area contributed by atoms with Crippen molar-refractivity contribution in [2.75, 3.05) is 19.8 Å². The number of aryl methyl sites for hydroxylation is 6. The van der Waals surface area contributed by atoms with Crippen molar-refractivity contribution in [3.05, 3.63) is 247 Å². The number of esters is 6.